The SMILES string of the molecule is CC(C)Cn1c[n+](CC(=O)c2cccc([N+](=O)[O-])c2)c2c1C(=O)c1ccccc1C2=O.[Br-]. The van der Waals surface area contributed by atoms with Crippen LogP contribution in [0.1, 0.15) is 56.3 Å². The van der Waals surface area contributed by atoms with Crippen LogP contribution in [-0.2, 0) is 13.1 Å². The van der Waals surface area contributed by atoms with Crippen molar-refractivity contribution in [2.75, 3.05) is 0 Å². The maximum Gasteiger partial charge on any atom is 0.270 e. The molecule has 9 heteroatoms. The lowest BCUT2D eigenvalue weighted by atomic mass is 9.89. The number of nitro groups is 1. The number of non-ortho nitro benzene ring substituents is 1. The zero-order chi connectivity index (χ0) is 22.3. The maximum absolute atomic E-state index is 13.2. The Morgan fingerprint density at radius 3 is 2.34 bits per heavy atom. The number of ketones is 3. The van der Waals surface area contributed by atoms with Gasteiger partial charge < -0.3 is 17.0 Å². The molecule has 0 saturated heterocycles. The smallest absolute Gasteiger partial charge is 0.270 e. The van der Waals surface area contributed by atoms with E-state index in [-0.39, 0.29) is 63.6 Å². The molecule has 0 aliphatic heterocycles. The summed E-state index contributed by atoms with van der Waals surface area (Å²) in [5.41, 5.74) is 1.07. The van der Waals surface area contributed by atoms with Crippen LogP contribution in [0.2, 0.25) is 0 Å². The second-order valence-electron chi connectivity index (χ2n) is 7.92. The standard InChI is InChI=1S/C23H20N3O5.BrH/c1-14(2)11-24-13-25(12-19(27)15-6-5-7-16(10-15)26(30)31)21-20(24)22(28)17-8-3-4-9-18(17)23(21)29;/h3-10,13-14H,11-12H2,1-2H3;1H/q+1;/p-1. The Labute approximate surface area is 194 Å². The van der Waals surface area contributed by atoms with Gasteiger partial charge in [-0.2, -0.15) is 0 Å². The van der Waals surface area contributed by atoms with Crippen LogP contribution in [0.15, 0.2) is 54.9 Å². The van der Waals surface area contributed by atoms with Gasteiger partial charge in [0, 0.05) is 28.8 Å². The number of imidazole rings is 1. The van der Waals surface area contributed by atoms with E-state index in [4.69, 9.17) is 0 Å². The molecule has 0 amide bonds. The molecular formula is C23H20BrN3O5. The number of halogens is 1. The van der Waals surface area contributed by atoms with Crippen molar-refractivity contribution in [1.29, 1.82) is 0 Å². The van der Waals surface area contributed by atoms with Gasteiger partial charge in [0.05, 0.1) is 11.5 Å². The maximum atomic E-state index is 13.2. The molecule has 0 spiro atoms. The van der Waals surface area contributed by atoms with E-state index in [1.165, 1.54) is 28.8 Å². The van der Waals surface area contributed by atoms with E-state index in [0.717, 1.165) is 0 Å². The molecule has 1 heterocycles. The third kappa shape index (κ3) is 4.03. The Bertz CT molecular complexity index is 1260. The predicted molar refractivity (Wildman–Crippen MR) is 110 cm³/mol. The van der Waals surface area contributed by atoms with Gasteiger partial charge in [-0.25, -0.2) is 9.13 Å². The van der Waals surface area contributed by atoms with E-state index in [2.05, 4.69) is 0 Å². The van der Waals surface area contributed by atoms with Crippen LogP contribution in [0.3, 0.4) is 0 Å². The first-order valence-electron chi connectivity index (χ1n) is 9.86. The summed E-state index contributed by atoms with van der Waals surface area (Å²) >= 11 is 0. The summed E-state index contributed by atoms with van der Waals surface area (Å²) in [6, 6.07) is 12.1. The zero-order valence-electron chi connectivity index (χ0n) is 17.4. The number of hydrogen-bond donors (Lipinski definition) is 0. The Kier molecular flexibility index (Phi) is 6.50. The first-order valence-corrected chi connectivity index (χ1v) is 9.86. The van der Waals surface area contributed by atoms with E-state index < -0.39 is 10.7 Å². The van der Waals surface area contributed by atoms with Crippen molar-refractivity contribution in [3.8, 4) is 0 Å². The van der Waals surface area contributed by atoms with Gasteiger partial charge in [-0.1, -0.05) is 50.2 Å². The minimum absolute atomic E-state index is 0. The van der Waals surface area contributed by atoms with Crippen molar-refractivity contribution in [1.82, 2.24) is 4.57 Å². The lowest BCUT2D eigenvalue weighted by molar-refractivity contribution is -0.684. The van der Waals surface area contributed by atoms with E-state index in [1.54, 1.807) is 35.2 Å². The lowest BCUT2D eigenvalue weighted by Crippen LogP contribution is -3.00. The Morgan fingerprint density at radius 2 is 1.72 bits per heavy atom. The molecular weight excluding hydrogens is 478 g/mol. The van der Waals surface area contributed by atoms with Crippen LogP contribution in [0, 0.1) is 16.0 Å². The molecule has 0 bridgehead atoms. The highest BCUT2D eigenvalue weighted by Crippen LogP contribution is 2.26. The van der Waals surface area contributed by atoms with Crippen molar-refractivity contribution in [3.63, 3.8) is 0 Å². The summed E-state index contributed by atoms with van der Waals surface area (Å²) in [5, 5.41) is 11.0. The summed E-state index contributed by atoms with van der Waals surface area (Å²) in [5.74, 6) is -0.762. The first kappa shape index (κ1) is 23.2. The van der Waals surface area contributed by atoms with E-state index in [0.29, 0.717) is 17.7 Å². The second-order valence-corrected chi connectivity index (χ2v) is 7.92. The van der Waals surface area contributed by atoms with Crippen molar-refractivity contribution in [2.24, 2.45) is 5.92 Å². The molecule has 3 aromatic rings. The van der Waals surface area contributed by atoms with Crippen LogP contribution < -0.4 is 21.5 Å². The van der Waals surface area contributed by atoms with Crippen molar-refractivity contribution >= 4 is 23.0 Å². The second kappa shape index (κ2) is 8.96. The monoisotopic (exact) mass is 497 g/mol. The van der Waals surface area contributed by atoms with E-state index >= 15 is 0 Å². The lowest BCUT2D eigenvalue weighted by Gasteiger charge is -2.13. The van der Waals surface area contributed by atoms with Gasteiger partial charge >= 0.3 is 0 Å². The largest absolute Gasteiger partial charge is 1.00 e. The number of rotatable bonds is 6. The van der Waals surface area contributed by atoms with Crippen molar-refractivity contribution < 1.29 is 40.9 Å². The summed E-state index contributed by atoms with van der Waals surface area (Å²) < 4.78 is 3.20. The highest BCUT2D eigenvalue weighted by molar-refractivity contribution is 6.26. The number of Topliss-reactive ketones (excluding diaryl/α,β-unsaturated/α-hetero) is 1. The molecule has 0 radical (unpaired) electrons. The van der Waals surface area contributed by atoms with Crippen molar-refractivity contribution in [3.05, 3.63) is 93.1 Å². The quantitative estimate of drug-likeness (QED) is 0.161. The number of hydrogen-bond acceptors (Lipinski definition) is 5. The first-order chi connectivity index (χ1) is 14.8. The molecule has 0 unspecified atom stereocenters. The molecule has 0 N–H and O–H groups in total. The van der Waals surface area contributed by atoms with Gasteiger partial charge in [-0.15, -0.1) is 0 Å². The zero-order valence-corrected chi connectivity index (χ0v) is 19.0. The van der Waals surface area contributed by atoms with Gasteiger partial charge in [0.2, 0.25) is 35.1 Å². The van der Waals surface area contributed by atoms with Gasteiger partial charge in [-0.3, -0.25) is 24.5 Å². The number of aromatic nitrogens is 2. The Morgan fingerprint density at radius 1 is 1.06 bits per heavy atom. The van der Waals surface area contributed by atoms with Gasteiger partial charge in [0.1, 0.15) is 0 Å². The van der Waals surface area contributed by atoms with Crippen molar-refractivity contribution in [2.45, 2.75) is 26.9 Å². The number of nitrogens with zero attached hydrogens (tertiary/aromatic N) is 3. The fraction of sp³-hybridized carbons (Fsp3) is 0.217. The molecule has 2 aromatic carbocycles. The predicted octanol–water partition coefficient (Wildman–Crippen LogP) is 0.00210. The van der Waals surface area contributed by atoms with Crippen LogP contribution >= 0.6 is 0 Å². The molecule has 1 aliphatic rings. The Balaban J connectivity index is 0.00000289. The highest BCUT2D eigenvalue weighted by Gasteiger charge is 2.41. The van der Waals surface area contributed by atoms with E-state index in [9.17, 15) is 24.5 Å². The molecule has 0 fully saturated rings. The van der Waals surface area contributed by atoms with Gasteiger partial charge in [0.25, 0.3) is 5.69 Å². The van der Waals surface area contributed by atoms with Crippen LogP contribution in [0.25, 0.3) is 0 Å². The average Bonchev–Trinajstić information content (AvgIpc) is 3.09. The summed E-state index contributed by atoms with van der Waals surface area (Å²) in [6.07, 6.45) is 1.61. The minimum Gasteiger partial charge on any atom is -1.00 e. The fourth-order valence-corrected chi connectivity index (χ4v) is 3.86. The normalized spacial score (nSPS) is 12.2. The number of fused-ring (bicyclic) bond motifs is 2. The number of carbonyl (C=O) groups is 3. The summed E-state index contributed by atoms with van der Waals surface area (Å²) in [7, 11) is 0. The topological polar surface area (TPSA) is 103 Å². The van der Waals surface area contributed by atoms with Crippen LogP contribution in [-0.4, -0.2) is 26.8 Å². The molecule has 32 heavy (non-hydrogen) atoms. The summed E-state index contributed by atoms with van der Waals surface area (Å²) in [4.78, 5) is 49.8. The molecule has 4 rings (SSSR count). The van der Waals surface area contributed by atoms with Gasteiger partial charge in [0.15, 0.2) is 6.54 Å². The Hall–Kier alpha value is -3.46. The molecule has 0 saturated carbocycles. The molecule has 164 valence electrons. The van der Waals surface area contributed by atoms with E-state index in [1.807, 2.05) is 13.8 Å². The number of carbonyl (C=O) groups excluding carboxylic acids is 3. The molecule has 1 aromatic heterocycles. The number of nitro benzene ring substituents is 1. The highest BCUT2D eigenvalue weighted by atomic mass is 79.9. The van der Waals surface area contributed by atoms with Gasteiger partial charge in [-0.05, 0) is 5.92 Å². The fourth-order valence-electron chi connectivity index (χ4n) is 3.86. The molecule has 0 atom stereocenters. The molecule has 8 nitrogen and oxygen atoms in total. The number of benzene rings is 2. The third-order valence-corrected chi connectivity index (χ3v) is 5.18. The minimum atomic E-state index is -0.565. The summed E-state index contributed by atoms with van der Waals surface area (Å²) in [6.45, 7) is 4.28. The van der Waals surface area contributed by atoms with Crippen LogP contribution in [0.5, 0.6) is 0 Å². The average molecular weight is 498 g/mol. The van der Waals surface area contributed by atoms with Crippen LogP contribution in [0.4, 0.5) is 5.69 Å². The third-order valence-electron chi connectivity index (χ3n) is 5.18. The molecule has 1 aliphatic carbocycles.